The first-order valence-electron chi connectivity index (χ1n) is 4.86. The summed E-state index contributed by atoms with van der Waals surface area (Å²) < 4.78 is 40.9. The van der Waals surface area contributed by atoms with Crippen molar-refractivity contribution < 1.29 is 22.7 Å². The van der Waals surface area contributed by atoms with Crippen LogP contribution >= 0.6 is 0 Å². The highest BCUT2D eigenvalue weighted by Gasteiger charge is 2.31. The van der Waals surface area contributed by atoms with Gasteiger partial charge in [-0.2, -0.15) is 13.2 Å². The van der Waals surface area contributed by atoms with E-state index in [9.17, 15) is 18.0 Å². The van der Waals surface area contributed by atoms with Crippen molar-refractivity contribution in [1.29, 1.82) is 0 Å². The summed E-state index contributed by atoms with van der Waals surface area (Å²) in [4.78, 5) is 11.3. The molecule has 0 saturated carbocycles. The number of carbonyl (C=O) groups excluding carboxylic acids is 1. The van der Waals surface area contributed by atoms with Crippen molar-refractivity contribution in [1.82, 2.24) is 5.01 Å². The van der Waals surface area contributed by atoms with E-state index in [0.717, 1.165) is 0 Å². The summed E-state index contributed by atoms with van der Waals surface area (Å²) in [5.74, 6) is 5.46. The number of methoxy groups -OCH3 is 1. The summed E-state index contributed by atoms with van der Waals surface area (Å²) in [5.41, 5.74) is 0.289. The molecule has 1 aromatic carbocycles. The summed E-state index contributed by atoms with van der Waals surface area (Å²) in [6.45, 7) is -1.52. The van der Waals surface area contributed by atoms with Crippen LogP contribution < -0.4 is 15.9 Å². The number of nitrogens with two attached hydrogens (primary N) is 1. The molecule has 0 spiro atoms. The molecule has 0 aliphatic heterocycles. The van der Waals surface area contributed by atoms with E-state index in [0.29, 0.717) is 5.75 Å². The normalized spacial score (nSPS) is 10.9. The number of hydrogen-bond acceptors (Lipinski definition) is 3. The first kappa shape index (κ1) is 14.1. The van der Waals surface area contributed by atoms with Crippen LogP contribution in [0.2, 0.25) is 0 Å². The van der Waals surface area contributed by atoms with E-state index in [1.54, 1.807) is 12.1 Å². The number of hydrogen-bond donors (Lipinski definition) is 2. The van der Waals surface area contributed by atoms with Crippen LogP contribution in [0.1, 0.15) is 0 Å². The van der Waals surface area contributed by atoms with E-state index in [1.165, 1.54) is 19.2 Å². The van der Waals surface area contributed by atoms with Gasteiger partial charge < -0.3 is 10.1 Å². The summed E-state index contributed by atoms with van der Waals surface area (Å²) >= 11 is 0. The molecule has 0 fully saturated rings. The molecular weight excluding hydrogens is 251 g/mol. The molecule has 0 atom stereocenters. The van der Waals surface area contributed by atoms with Gasteiger partial charge in [-0.25, -0.2) is 10.6 Å². The second kappa shape index (κ2) is 5.58. The van der Waals surface area contributed by atoms with Gasteiger partial charge in [-0.3, -0.25) is 5.01 Å². The molecule has 100 valence electrons. The zero-order valence-corrected chi connectivity index (χ0v) is 9.49. The number of carbonyl (C=O) groups is 1. The molecule has 0 heterocycles. The van der Waals surface area contributed by atoms with Gasteiger partial charge in [0.25, 0.3) is 0 Å². The summed E-state index contributed by atoms with van der Waals surface area (Å²) in [6.07, 6.45) is -4.54. The Morgan fingerprint density at radius 1 is 1.50 bits per heavy atom. The third-order valence-electron chi connectivity index (χ3n) is 1.93. The minimum atomic E-state index is -4.54. The molecule has 0 aromatic heterocycles. The number of amides is 2. The molecule has 5 nitrogen and oxygen atoms in total. The standard InChI is InChI=1S/C10H12F3N3O2/c1-18-8-4-2-3-7(5-8)15-9(17)16(14)6-10(11,12)13/h2-5H,6,14H2,1H3,(H,15,17). The zero-order chi connectivity index (χ0) is 13.8. The van der Waals surface area contributed by atoms with Gasteiger partial charge in [0.05, 0.1) is 7.11 Å². The molecule has 1 aromatic rings. The van der Waals surface area contributed by atoms with Crippen LogP contribution in [0.5, 0.6) is 5.75 Å². The number of ether oxygens (including phenoxy) is 1. The van der Waals surface area contributed by atoms with Crippen LogP contribution in [0.25, 0.3) is 0 Å². The maximum Gasteiger partial charge on any atom is 0.407 e. The fourth-order valence-corrected chi connectivity index (χ4v) is 1.16. The van der Waals surface area contributed by atoms with Crippen LogP contribution in [0, 0.1) is 0 Å². The first-order chi connectivity index (χ1) is 8.31. The van der Waals surface area contributed by atoms with Crippen molar-refractivity contribution >= 4 is 11.7 Å². The predicted molar refractivity (Wildman–Crippen MR) is 59.0 cm³/mol. The lowest BCUT2D eigenvalue weighted by Crippen LogP contribution is -2.46. The molecule has 18 heavy (non-hydrogen) atoms. The first-order valence-corrected chi connectivity index (χ1v) is 4.86. The van der Waals surface area contributed by atoms with Crippen molar-refractivity contribution in [3.05, 3.63) is 24.3 Å². The minimum absolute atomic E-state index is 0.0550. The van der Waals surface area contributed by atoms with Crippen molar-refractivity contribution in [2.45, 2.75) is 6.18 Å². The monoisotopic (exact) mass is 263 g/mol. The van der Waals surface area contributed by atoms with Crippen molar-refractivity contribution in [2.24, 2.45) is 5.84 Å². The average molecular weight is 263 g/mol. The highest BCUT2D eigenvalue weighted by atomic mass is 19.4. The fraction of sp³-hybridized carbons (Fsp3) is 0.300. The Hall–Kier alpha value is -1.96. The average Bonchev–Trinajstić information content (AvgIpc) is 2.27. The summed E-state index contributed by atoms with van der Waals surface area (Å²) in [7, 11) is 1.43. The highest BCUT2D eigenvalue weighted by molar-refractivity contribution is 5.89. The van der Waals surface area contributed by atoms with Crippen LogP contribution in [0.4, 0.5) is 23.7 Å². The van der Waals surface area contributed by atoms with E-state index >= 15 is 0 Å². The zero-order valence-electron chi connectivity index (χ0n) is 9.49. The van der Waals surface area contributed by atoms with E-state index in [4.69, 9.17) is 10.6 Å². The van der Waals surface area contributed by atoms with Gasteiger partial charge in [-0.1, -0.05) is 6.07 Å². The fourth-order valence-electron chi connectivity index (χ4n) is 1.16. The summed E-state index contributed by atoms with van der Waals surface area (Å²) in [6, 6.07) is 5.12. The molecule has 3 N–H and O–H groups in total. The smallest absolute Gasteiger partial charge is 0.407 e. The second-order valence-electron chi connectivity index (χ2n) is 3.41. The van der Waals surface area contributed by atoms with Gasteiger partial charge in [0, 0.05) is 11.8 Å². The number of rotatable bonds is 3. The molecule has 0 saturated heterocycles. The molecule has 0 aliphatic rings. The second-order valence-corrected chi connectivity index (χ2v) is 3.41. The molecule has 2 amide bonds. The van der Waals surface area contributed by atoms with Gasteiger partial charge >= 0.3 is 12.2 Å². The van der Waals surface area contributed by atoms with Crippen molar-refractivity contribution in [3.63, 3.8) is 0 Å². The maximum absolute atomic E-state index is 12.0. The number of nitrogens with one attached hydrogen (secondary N) is 1. The Morgan fingerprint density at radius 3 is 2.72 bits per heavy atom. The largest absolute Gasteiger partial charge is 0.497 e. The van der Waals surface area contributed by atoms with Gasteiger partial charge in [0.2, 0.25) is 0 Å². The molecule has 0 radical (unpaired) electrons. The Kier molecular flexibility index (Phi) is 4.38. The number of anilines is 1. The predicted octanol–water partition coefficient (Wildman–Crippen LogP) is 1.97. The van der Waals surface area contributed by atoms with E-state index in [2.05, 4.69) is 5.32 Å². The van der Waals surface area contributed by atoms with Crippen LogP contribution in [-0.2, 0) is 0 Å². The van der Waals surface area contributed by atoms with Crippen molar-refractivity contribution in [2.75, 3.05) is 19.0 Å². The third-order valence-corrected chi connectivity index (χ3v) is 1.93. The lowest BCUT2D eigenvalue weighted by atomic mass is 10.3. The van der Waals surface area contributed by atoms with E-state index in [-0.39, 0.29) is 10.7 Å². The molecule has 0 unspecified atom stereocenters. The number of benzene rings is 1. The van der Waals surface area contributed by atoms with Crippen LogP contribution in [-0.4, -0.2) is 30.9 Å². The number of nitrogens with zero attached hydrogens (tertiary/aromatic N) is 1. The highest BCUT2D eigenvalue weighted by Crippen LogP contribution is 2.18. The van der Waals surface area contributed by atoms with Crippen LogP contribution in [0.15, 0.2) is 24.3 Å². The van der Waals surface area contributed by atoms with Crippen LogP contribution in [0.3, 0.4) is 0 Å². The van der Waals surface area contributed by atoms with Crippen molar-refractivity contribution in [3.8, 4) is 5.75 Å². The number of alkyl halides is 3. The van der Waals surface area contributed by atoms with E-state index < -0.39 is 18.8 Å². The van der Waals surface area contributed by atoms with Gasteiger partial charge in [-0.15, -0.1) is 0 Å². The molecule has 1 rings (SSSR count). The molecular formula is C10H12F3N3O2. The Labute approximate surface area is 101 Å². The minimum Gasteiger partial charge on any atom is -0.497 e. The quantitative estimate of drug-likeness (QED) is 0.497. The summed E-state index contributed by atoms with van der Waals surface area (Å²) in [5, 5.41) is 2.28. The molecule has 8 heteroatoms. The molecule has 0 aliphatic carbocycles. The Morgan fingerprint density at radius 2 is 2.17 bits per heavy atom. The Bertz CT molecular complexity index is 423. The number of hydrazine groups is 1. The SMILES string of the molecule is COc1cccc(NC(=O)N(N)CC(F)(F)F)c1. The topological polar surface area (TPSA) is 67.6 Å². The molecule has 0 bridgehead atoms. The van der Waals surface area contributed by atoms with Gasteiger partial charge in [0.15, 0.2) is 0 Å². The Balaban J connectivity index is 2.63. The number of urea groups is 1. The lowest BCUT2D eigenvalue weighted by Gasteiger charge is -2.19. The maximum atomic E-state index is 12.0. The lowest BCUT2D eigenvalue weighted by molar-refractivity contribution is -0.139. The van der Waals surface area contributed by atoms with Gasteiger partial charge in [-0.05, 0) is 12.1 Å². The number of halogens is 3. The van der Waals surface area contributed by atoms with E-state index in [1.807, 2.05) is 0 Å². The van der Waals surface area contributed by atoms with Gasteiger partial charge in [0.1, 0.15) is 12.3 Å². The third kappa shape index (κ3) is 4.50.